The first-order chi connectivity index (χ1) is 7.95. The van der Waals surface area contributed by atoms with Crippen molar-refractivity contribution in [3.05, 3.63) is 29.3 Å². The summed E-state index contributed by atoms with van der Waals surface area (Å²) in [6.45, 7) is 4.07. The maximum atomic E-state index is 10.7. The molecule has 92 valence electrons. The molecule has 0 radical (unpaired) electrons. The number of nitrogens with two attached hydrogens (primary N) is 1. The number of aromatic hydroxyl groups is 1. The van der Waals surface area contributed by atoms with Crippen LogP contribution in [0.5, 0.6) is 11.5 Å². The summed E-state index contributed by atoms with van der Waals surface area (Å²) in [5, 5.41) is 9.88. The highest BCUT2D eigenvalue weighted by molar-refractivity contribution is 5.90. The number of carbonyl (C=O) groups is 1. The van der Waals surface area contributed by atoms with Crippen molar-refractivity contribution < 1.29 is 14.6 Å². The molecule has 0 aromatic heterocycles. The molecule has 4 nitrogen and oxygen atoms in total. The molecule has 1 aromatic carbocycles. The molecule has 0 aliphatic rings. The van der Waals surface area contributed by atoms with Gasteiger partial charge in [-0.15, -0.1) is 0 Å². The molecule has 1 rings (SSSR count). The van der Waals surface area contributed by atoms with E-state index in [0.29, 0.717) is 17.2 Å². The molecule has 0 unspecified atom stereocenters. The Morgan fingerprint density at radius 3 is 2.59 bits per heavy atom. The van der Waals surface area contributed by atoms with Gasteiger partial charge in [-0.3, -0.25) is 4.79 Å². The van der Waals surface area contributed by atoms with Gasteiger partial charge in [0.2, 0.25) is 5.91 Å². The normalized spacial score (nSPS) is 11.1. The van der Waals surface area contributed by atoms with E-state index >= 15 is 0 Å². The van der Waals surface area contributed by atoms with E-state index in [2.05, 4.69) is 0 Å². The molecule has 0 heterocycles. The van der Waals surface area contributed by atoms with Crippen LogP contribution in [-0.4, -0.2) is 18.1 Å². The second kappa shape index (κ2) is 5.39. The number of rotatable bonds is 4. The minimum absolute atomic E-state index is 0.00870. The van der Waals surface area contributed by atoms with Crippen molar-refractivity contribution in [2.45, 2.75) is 19.8 Å². The smallest absolute Gasteiger partial charge is 0.241 e. The van der Waals surface area contributed by atoms with Crippen molar-refractivity contribution in [3.8, 4) is 11.5 Å². The van der Waals surface area contributed by atoms with Crippen LogP contribution in [0.25, 0.3) is 6.08 Å². The summed E-state index contributed by atoms with van der Waals surface area (Å²) in [5.74, 6) is 0.137. The third kappa shape index (κ3) is 3.24. The van der Waals surface area contributed by atoms with E-state index in [1.807, 2.05) is 19.9 Å². The summed E-state index contributed by atoms with van der Waals surface area (Å²) in [6, 6.07) is 3.59. The summed E-state index contributed by atoms with van der Waals surface area (Å²) in [6.07, 6.45) is 2.69. The molecular formula is C13H17NO3. The number of benzene rings is 1. The van der Waals surface area contributed by atoms with E-state index < -0.39 is 5.91 Å². The third-order valence-electron chi connectivity index (χ3n) is 2.44. The van der Waals surface area contributed by atoms with Gasteiger partial charge in [-0.25, -0.2) is 0 Å². The lowest BCUT2D eigenvalue weighted by Crippen LogP contribution is -2.05. The summed E-state index contributed by atoms with van der Waals surface area (Å²) in [5.41, 5.74) is 6.56. The largest absolute Gasteiger partial charge is 0.504 e. The Bertz CT molecular complexity index is 450. The molecular weight excluding hydrogens is 218 g/mol. The van der Waals surface area contributed by atoms with Gasteiger partial charge in [0.15, 0.2) is 11.5 Å². The first kappa shape index (κ1) is 13.1. The Kier molecular flexibility index (Phi) is 4.15. The van der Waals surface area contributed by atoms with Crippen LogP contribution in [0.15, 0.2) is 18.2 Å². The lowest BCUT2D eigenvalue weighted by atomic mass is 9.99. The van der Waals surface area contributed by atoms with Crippen LogP contribution in [-0.2, 0) is 4.79 Å². The highest BCUT2D eigenvalue weighted by Crippen LogP contribution is 2.34. The molecule has 0 bridgehead atoms. The molecule has 17 heavy (non-hydrogen) atoms. The number of phenolic OH excluding ortho intramolecular Hbond substituents is 1. The van der Waals surface area contributed by atoms with Gasteiger partial charge < -0.3 is 15.6 Å². The van der Waals surface area contributed by atoms with Gasteiger partial charge in [0.25, 0.3) is 0 Å². The summed E-state index contributed by atoms with van der Waals surface area (Å²) < 4.78 is 5.08. The van der Waals surface area contributed by atoms with Crippen molar-refractivity contribution in [2.24, 2.45) is 5.73 Å². The predicted octanol–water partition coefficient (Wildman–Crippen LogP) is 2.02. The molecule has 0 atom stereocenters. The minimum atomic E-state index is -0.557. The quantitative estimate of drug-likeness (QED) is 0.784. The van der Waals surface area contributed by atoms with Gasteiger partial charge in [0.1, 0.15) is 0 Å². The minimum Gasteiger partial charge on any atom is -0.504 e. The van der Waals surface area contributed by atoms with Crippen LogP contribution in [0.1, 0.15) is 30.9 Å². The molecule has 0 spiro atoms. The van der Waals surface area contributed by atoms with E-state index in [1.165, 1.54) is 19.3 Å². The van der Waals surface area contributed by atoms with Crippen molar-refractivity contribution >= 4 is 12.0 Å². The maximum absolute atomic E-state index is 10.7. The van der Waals surface area contributed by atoms with Gasteiger partial charge >= 0.3 is 0 Å². The Morgan fingerprint density at radius 2 is 2.12 bits per heavy atom. The molecule has 3 N–H and O–H groups in total. The number of carbonyl (C=O) groups excluding carboxylic acids is 1. The Morgan fingerprint density at radius 1 is 1.47 bits per heavy atom. The third-order valence-corrected chi connectivity index (χ3v) is 2.44. The zero-order valence-electron chi connectivity index (χ0n) is 10.2. The van der Waals surface area contributed by atoms with Crippen LogP contribution in [0, 0.1) is 0 Å². The van der Waals surface area contributed by atoms with Crippen LogP contribution in [0.4, 0.5) is 0 Å². The van der Waals surface area contributed by atoms with Gasteiger partial charge in [-0.05, 0) is 29.7 Å². The fourth-order valence-corrected chi connectivity index (χ4v) is 1.44. The highest BCUT2D eigenvalue weighted by atomic mass is 16.5. The molecule has 1 aromatic rings. The maximum Gasteiger partial charge on any atom is 0.241 e. The lowest BCUT2D eigenvalue weighted by molar-refractivity contribution is -0.113. The van der Waals surface area contributed by atoms with Crippen LogP contribution >= 0.6 is 0 Å². The Hall–Kier alpha value is -1.97. The fraction of sp³-hybridized carbons (Fsp3) is 0.308. The average Bonchev–Trinajstić information content (AvgIpc) is 2.27. The number of methoxy groups -OCH3 is 1. The van der Waals surface area contributed by atoms with E-state index in [4.69, 9.17) is 10.5 Å². The zero-order valence-corrected chi connectivity index (χ0v) is 10.2. The first-order valence-corrected chi connectivity index (χ1v) is 5.34. The molecule has 4 heteroatoms. The molecule has 1 amide bonds. The number of ether oxygens (including phenoxy) is 1. The molecule has 0 fully saturated rings. The SMILES string of the molecule is COc1cc(C(C)C)cc(/C=C/C(N)=O)c1O. The van der Waals surface area contributed by atoms with Crippen LogP contribution in [0.3, 0.4) is 0 Å². The van der Waals surface area contributed by atoms with E-state index in [-0.39, 0.29) is 5.75 Å². The van der Waals surface area contributed by atoms with Crippen molar-refractivity contribution in [3.63, 3.8) is 0 Å². The standard InChI is InChI=1S/C13H17NO3/c1-8(2)10-6-9(4-5-12(14)15)13(16)11(7-10)17-3/h4-8,16H,1-3H3,(H2,14,15)/b5-4+. The molecule has 0 aliphatic heterocycles. The Labute approximate surface area is 101 Å². The number of amides is 1. The molecule has 0 saturated heterocycles. The molecule has 0 saturated carbocycles. The van der Waals surface area contributed by atoms with E-state index in [9.17, 15) is 9.90 Å². The van der Waals surface area contributed by atoms with E-state index in [0.717, 1.165) is 5.56 Å². The summed E-state index contributed by atoms with van der Waals surface area (Å²) in [7, 11) is 1.49. The predicted molar refractivity (Wildman–Crippen MR) is 67.0 cm³/mol. The van der Waals surface area contributed by atoms with Crippen molar-refractivity contribution in [1.82, 2.24) is 0 Å². The molecule has 0 aliphatic carbocycles. The monoisotopic (exact) mass is 235 g/mol. The van der Waals surface area contributed by atoms with Crippen molar-refractivity contribution in [1.29, 1.82) is 0 Å². The van der Waals surface area contributed by atoms with Crippen LogP contribution < -0.4 is 10.5 Å². The topological polar surface area (TPSA) is 72.5 Å². The summed E-state index contributed by atoms with van der Waals surface area (Å²) in [4.78, 5) is 10.7. The average molecular weight is 235 g/mol. The fourth-order valence-electron chi connectivity index (χ4n) is 1.44. The van der Waals surface area contributed by atoms with Crippen LogP contribution in [0.2, 0.25) is 0 Å². The van der Waals surface area contributed by atoms with Gasteiger partial charge in [-0.1, -0.05) is 13.8 Å². The van der Waals surface area contributed by atoms with E-state index in [1.54, 1.807) is 6.07 Å². The number of phenols is 1. The lowest BCUT2D eigenvalue weighted by Gasteiger charge is -2.12. The van der Waals surface area contributed by atoms with Gasteiger partial charge in [0.05, 0.1) is 7.11 Å². The zero-order chi connectivity index (χ0) is 13.0. The first-order valence-electron chi connectivity index (χ1n) is 5.34. The number of hydrogen-bond donors (Lipinski definition) is 2. The second-order valence-electron chi connectivity index (χ2n) is 4.05. The van der Waals surface area contributed by atoms with Crippen molar-refractivity contribution in [2.75, 3.05) is 7.11 Å². The summed E-state index contributed by atoms with van der Waals surface area (Å²) >= 11 is 0. The highest BCUT2D eigenvalue weighted by Gasteiger charge is 2.10. The number of primary amides is 1. The van der Waals surface area contributed by atoms with Gasteiger partial charge in [0, 0.05) is 11.6 Å². The Balaban J connectivity index is 3.27. The number of hydrogen-bond acceptors (Lipinski definition) is 3. The second-order valence-corrected chi connectivity index (χ2v) is 4.05. The van der Waals surface area contributed by atoms with Gasteiger partial charge in [-0.2, -0.15) is 0 Å².